The summed E-state index contributed by atoms with van der Waals surface area (Å²) in [5.74, 6) is 0.150. The summed E-state index contributed by atoms with van der Waals surface area (Å²) < 4.78 is 13.8. The van der Waals surface area contributed by atoms with Crippen LogP contribution in [-0.2, 0) is 32.2 Å². The number of fused-ring (bicyclic) bond motifs is 3. The second-order valence-corrected chi connectivity index (χ2v) is 12.7. The number of nitrogens with zero attached hydrogens (tertiary/aromatic N) is 7. The summed E-state index contributed by atoms with van der Waals surface area (Å²) in [7, 11) is 0. The molecule has 46 heavy (non-hydrogen) atoms. The van der Waals surface area contributed by atoms with E-state index in [-0.39, 0.29) is 47.9 Å². The molecule has 2 amide bonds. The molecule has 3 aliphatic rings. The average molecular weight is 688 g/mol. The lowest BCUT2D eigenvalue weighted by molar-refractivity contribution is -0.138. The Balaban J connectivity index is 1.20. The summed E-state index contributed by atoms with van der Waals surface area (Å²) >= 11 is 3.39. The van der Waals surface area contributed by atoms with Crippen molar-refractivity contribution < 1.29 is 23.9 Å². The lowest BCUT2D eigenvalue weighted by Gasteiger charge is -2.27. The summed E-state index contributed by atoms with van der Waals surface area (Å²) in [5.41, 5.74) is 2.44. The molecule has 1 N–H and O–H groups in total. The highest BCUT2D eigenvalue weighted by Crippen LogP contribution is 2.60. The molecule has 0 radical (unpaired) electrons. The molecule has 3 atom stereocenters. The number of aryl methyl sites for hydroxylation is 1. The van der Waals surface area contributed by atoms with Crippen molar-refractivity contribution in [2.45, 2.75) is 51.9 Å². The molecule has 1 aliphatic carbocycles. The van der Waals surface area contributed by atoms with E-state index in [0.29, 0.717) is 64.6 Å². The van der Waals surface area contributed by atoms with E-state index in [1.807, 2.05) is 18.2 Å². The highest BCUT2D eigenvalue weighted by molar-refractivity contribution is 9.10. The molecule has 14 heteroatoms. The zero-order chi connectivity index (χ0) is 32.0. The zero-order valence-electron chi connectivity index (χ0n) is 25.3. The van der Waals surface area contributed by atoms with Crippen LogP contribution in [0.25, 0.3) is 22.2 Å². The van der Waals surface area contributed by atoms with Gasteiger partial charge in [0, 0.05) is 47.3 Å². The highest BCUT2D eigenvalue weighted by atomic mass is 79.9. The lowest BCUT2D eigenvalue weighted by Crippen LogP contribution is -2.47. The van der Waals surface area contributed by atoms with Crippen LogP contribution in [-0.4, -0.2) is 84.1 Å². The van der Waals surface area contributed by atoms with Gasteiger partial charge in [-0.05, 0) is 47.8 Å². The third kappa shape index (κ3) is 5.72. The third-order valence-electron chi connectivity index (χ3n) is 8.77. The Morgan fingerprint density at radius 1 is 1.09 bits per heavy atom. The van der Waals surface area contributed by atoms with Crippen LogP contribution in [0, 0.1) is 12.3 Å². The van der Waals surface area contributed by atoms with E-state index in [1.165, 1.54) is 11.6 Å². The first-order valence-electron chi connectivity index (χ1n) is 15.0. The molecule has 4 aromatic rings. The number of likely N-dealkylation sites (tertiary alicyclic amines) is 1. The number of carbonyl (C=O) groups is 3. The van der Waals surface area contributed by atoms with Crippen LogP contribution in [0.3, 0.4) is 0 Å². The van der Waals surface area contributed by atoms with Crippen LogP contribution in [0.15, 0.2) is 53.5 Å². The van der Waals surface area contributed by atoms with Gasteiger partial charge in [0.05, 0.1) is 43.8 Å². The first kappa shape index (κ1) is 30.3. The zero-order valence-corrected chi connectivity index (χ0v) is 26.9. The minimum atomic E-state index is -0.745. The monoisotopic (exact) mass is 686 g/mol. The van der Waals surface area contributed by atoms with Crippen LogP contribution >= 0.6 is 15.9 Å². The summed E-state index contributed by atoms with van der Waals surface area (Å²) in [6.07, 6.45) is 9.94. The number of aromatic nitrogens is 6. The molecule has 7 rings (SSSR count). The second-order valence-electron chi connectivity index (χ2n) is 11.9. The molecule has 2 bridgehead atoms. The van der Waals surface area contributed by atoms with E-state index >= 15 is 0 Å². The van der Waals surface area contributed by atoms with Crippen LogP contribution in [0.5, 0.6) is 0 Å². The van der Waals surface area contributed by atoms with Crippen molar-refractivity contribution in [2.24, 2.45) is 5.41 Å². The molecule has 4 aromatic heterocycles. The average Bonchev–Trinajstić information content (AvgIpc) is 3.45. The Morgan fingerprint density at radius 2 is 1.87 bits per heavy atom. The first-order chi connectivity index (χ1) is 22.2. The Morgan fingerprint density at radius 3 is 2.65 bits per heavy atom. The van der Waals surface area contributed by atoms with E-state index in [4.69, 9.17) is 9.47 Å². The molecule has 1 saturated heterocycles. The predicted octanol–water partition coefficient (Wildman–Crippen LogP) is 3.66. The number of rotatable bonds is 4. The minimum Gasteiger partial charge on any atom is -0.377 e. The number of carbonyl (C=O) groups excluding carboxylic acids is 3. The molecule has 6 heterocycles. The number of nitrogens with one attached hydrogen (secondary N) is 1. The van der Waals surface area contributed by atoms with Crippen molar-refractivity contribution in [3.63, 3.8) is 0 Å². The summed E-state index contributed by atoms with van der Waals surface area (Å²) in [5, 5.41) is 8.07. The predicted molar refractivity (Wildman–Crippen MR) is 170 cm³/mol. The fourth-order valence-electron chi connectivity index (χ4n) is 6.36. The number of ether oxygens (including phenoxy) is 2. The van der Waals surface area contributed by atoms with Gasteiger partial charge in [-0.15, -0.1) is 0 Å². The number of Topliss-reactive ketones (excluding diaryl/α,β-unsaturated/α-hetero) is 1. The maximum absolute atomic E-state index is 14.1. The van der Waals surface area contributed by atoms with Gasteiger partial charge in [0.25, 0.3) is 0 Å². The Labute approximate surface area is 272 Å². The van der Waals surface area contributed by atoms with E-state index in [9.17, 15) is 14.4 Å². The van der Waals surface area contributed by atoms with E-state index in [2.05, 4.69) is 46.3 Å². The van der Waals surface area contributed by atoms with E-state index < -0.39 is 6.04 Å². The molecular formula is C32H31BrN8O5. The first-order valence-corrected chi connectivity index (χ1v) is 15.8. The summed E-state index contributed by atoms with van der Waals surface area (Å²) in [6.45, 7) is 4.53. The van der Waals surface area contributed by atoms with Gasteiger partial charge in [-0.3, -0.25) is 24.0 Å². The van der Waals surface area contributed by atoms with Crippen LogP contribution in [0.2, 0.25) is 0 Å². The normalized spacial score (nSPS) is 23.5. The number of anilines is 1. The molecule has 0 unspecified atom stereocenters. The second kappa shape index (κ2) is 12.1. The van der Waals surface area contributed by atoms with Crippen molar-refractivity contribution in [1.82, 2.24) is 34.6 Å². The maximum atomic E-state index is 14.1. The molecular weight excluding hydrogens is 656 g/mol. The smallest absolute Gasteiger partial charge is 0.248 e. The summed E-state index contributed by atoms with van der Waals surface area (Å²) in [6, 6.07) is 4.49. The van der Waals surface area contributed by atoms with Crippen molar-refractivity contribution in [3.8, 4) is 11.3 Å². The summed E-state index contributed by atoms with van der Waals surface area (Å²) in [4.78, 5) is 59.9. The number of piperidine rings is 1. The van der Waals surface area contributed by atoms with Crippen molar-refractivity contribution in [2.75, 3.05) is 25.1 Å². The molecule has 0 aromatic carbocycles. The minimum absolute atomic E-state index is 0.161. The lowest BCUT2D eigenvalue weighted by atomic mass is 10.00. The molecule has 236 valence electrons. The Kier molecular flexibility index (Phi) is 7.95. The highest BCUT2D eigenvalue weighted by Gasteiger charge is 2.67. The number of pyridine rings is 2. The van der Waals surface area contributed by atoms with Gasteiger partial charge in [0.2, 0.25) is 11.8 Å². The van der Waals surface area contributed by atoms with Gasteiger partial charge in [-0.1, -0.05) is 18.2 Å². The molecule has 13 nitrogen and oxygen atoms in total. The van der Waals surface area contributed by atoms with Gasteiger partial charge in [-0.25, -0.2) is 15.0 Å². The van der Waals surface area contributed by atoms with Gasteiger partial charge in [-0.2, -0.15) is 5.10 Å². The quantitative estimate of drug-likeness (QED) is 0.191. The van der Waals surface area contributed by atoms with Crippen LogP contribution in [0.4, 0.5) is 5.82 Å². The third-order valence-corrected chi connectivity index (χ3v) is 9.21. The molecule has 1 saturated carbocycles. The molecule has 1 spiro atoms. The molecule has 2 fully saturated rings. The van der Waals surface area contributed by atoms with Crippen LogP contribution in [0.1, 0.15) is 41.6 Å². The van der Waals surface area contributed by atoms with Gasteiger partial charge in [0.1, 0.15) is 34.5 Å². The number of amides is 2. The van der Waals surface area contributed by atoms with Crippen molar-refractivity contribution >= 4 is 50.2 Å². The largest absolute Gasteiger partial charge is 0.377 e. The number of hydrogen-bond donors (Lipinski definition) is 1. The standard InChI is InChI=1S/C32H31BrN8O5/c1-18(42)29-22-9-23(21-12-34-19(2)35-13-21)36-14-25(22)40(39-29)15-28(43)41-24-10-32(11-26(32)41)17-46-8-4-3-7-45-16-20-5-6-27(33)37-30(20)38-31(24)44/h3-6,9,12-14,24,26H,7-8,10-11,15-17H2,1-2H3,(H,37,38,44)/b4-3-/t24-,26+,32-/m0/s1. The van der Waals surface area contributed by atoms with Gasteiger partial charge < -0.3 is 19.7 Å². The van der Waals surface area contributed by atoms with Crippen molar-refractivity contribution in [1.29, 1.82) is 0 Å². The van der Waals surface area contributed by atoms with Gasteiger partial charge >= 0.3 is 0 Å². The van der Waals surface area contributed by atoms with Crippen LogP contribution < -0.4 is 5.32 Å². The van der Waals surface area contributed by atoms with E-state index in [0.717, 1.165) is 12.0 Å². The number of halogens is 1. The fraction of sp³-hybridized carbons (Fsp3) is 0.375. The van der Waals surface area contributed by atoms with Crippen molar-refractivity contribution in [3.05, 3.63) is 70.6 Å². The number of hydrogen-bond acceptors (Lipinski definition) is 10. The topological polar surface area (TPSA) is 154 Å². The Hall–Kier alpha value is -4.40. The van der Waals surface area contributed by atoms with Gasteiger partial charge in [0.15, 0.2) is 5.78 Å². The number of ketones is 1. The molecule has 2 aliphatic heterocycles. The fourth-order valence-corrected chi connectivity index (χ4v) is 6.67. The SMILES string of the molecule is CC(=O)c1nn(CC(=O)N2[C@H]3C[C@@]4(COC/C=C\COCc5ccc(Br)nc5NC3=O)C[C@@H]24)c2cnc(-c3cnc(C)nc3)cc12. The maximum Gasteiger partial charge on any atom is 0.248 e. The van der Waals surface area contributed by atoms with E-state index in [1.54, 1.807) is 42.5 Å². The Bertz CT molecular complexity index is 1890.